The van der Waals surface area contributed by atoms with Crippen molar-refractivity contribution >= 4 is 5.69 Å². The largest absolute Gasteiger partial charge is 0.290 e. The van der Waals surface area contributed by atoms with E-state index in [1.165, 1.54) is 16.8 Å². The van der Waals surface area contributed by atoms with Gasteiger partial charge >= 0.3 is 0 Å². The molecule has 0 saturated carbocycles. The second-order valence-corrected chi connectivity index (χ2v) is 4.89. The fraction of sp³-hybridized carbons (Fsp3) is 0.0625. The molecule has 0 radical (unpaired) electrons. The number of rotatable bonds is 3. The van der Waals surface area contributed by atoms with Crippen molar-refractivity contribution in [2.75, 3.05) is 0 Å². The molecule has 0 bridgehead atoms. The number of aromatic amines is 1. The molecule has 22 heavy (non-hydrogen) atoms. The Bertz CT molecular complexity index is 877. The van der Waals surface area contributed by atoms with E-state index in [1.54, 1.807) is 19.1 Å². The zero-order valence-electron chi connectivity index (χ0n) is 11.8. The number of hydrogen-bond donors (Lipinski definition) is 1. The molecule has 0 atom stereocenters. The van der Waals surface area contributed by atoms with Crippen LogP contribution >= 0.6 is 0 Å². The number of nitro benzene ring substituents is 1. The molecule has 3 rings (SSSR count). The summed E-state index contributed by atoms with van der Waals surface area (Å²) in [6.07, 6.45) is 0. The lowest BCUT2D eigenvalue weighted by Crippen LogP contribution is -2.15. The van der Waals surface area contributed by atoms with Crippen LogP contribution in [0, 0.1) is 17.0 Å². The van der Waals surface area contributed by atoms with Crippen molar-refractivity contribution in [2.45, 2.75) is 6.92 Å². The highest BCUT2D eigenvalue weighted by Crippen LogP contribution is 2.23. The lowest BCUT2D eigenvalue weighted by Gasteiger charge is -2.02. The zero-order valence-corrected chi connectivity index (χ0v) is 11.8. The smallest absolute Gasteiger partial charge is 0.274 e. The van der Waals surface area contributed by atoms with E-state index in [-0.39, 0.29) is 11.2 Å². The number of hydrogen-bond acceptors (Lipinski definition) is 3. The molecule has 110 valence electrons. The third-order valence-corrected chi connectivity index (χ3v) is 3.50. The maximum atomic E-state index is 12.4. The van der Waals surface area contributed by atoms with E-state index >= 15 is 0 Å². The van der Waals surface area contributed by atoms with Gasteiger partial charge in [-0.15, -0.1) is 0 Å². The van der Waals surface area contributed by atoms with Crippen LogP contribution in [0.2, 0.25) is 0 Å². The minimum absolute atomic E-state index is 0.0197. The Morgan fingerprint density at radius 3 is 2.27 bits per heavy atom. The number of nitrogens with one attached hydrogen (secondary N) is 1. The quantitative estimate of drug-likeness (QED) is 0.595. The van der Waals surface area contributed by atoms with Crippen LogP contribution in [0.15, 0.2) is 59.4 Å². The fourth-order valence-corrected chi connectivity index (χ4v) is 2.31. The Morgan fingerprint density at radius 2 is 1.68 bits per heavy atom. The summed E-state index contributed by atoms with van der Waals surface area (Å²) in [6.45, 7) is 1.73. The zero-order chi connectivity index (χ0) is 15.7. The van der Waals surface area contributed by atoms with Crippen molar-refractivity contribution in [2.24, 2.45) is 0 Å². The molecule has 0 unspecified atom stereocenters. The highest BCUT2D eigenvalue weighted by atomic mass is 16.6. The van der Waals surface area contributed by atoms with Gasteiger partial charge < -0.3 is 0 Å². The van der Waals surface area contributed by atoms with Gasteiger partial charge in [-0.1, -0.05) is 18.2 Å². The van der Waals surface area contributed by atoms with E-state index in [2.05, 4.69) is 5.10 Å². The molecule has 6 heteroatoms. The minimum Gasteiger partial charge on any atom is -0.290 e. The van der Waals surface area contributed by atoms with Crippen molar-refractivity contribution < 1.29 is 4.92 Å². The minimum atomic E-state index is -0.450. The van der Waals surface area contributed by atoms with E-state index in [0.29, 0.717) is 11.3 Å². The van der Waals surface area contributed by atoms with Crippen LogP contribution in [0.25, 0.3) is 16.9 Å². The molecule has 0 saturated heterocycles. The first-order valence-corrected chi connectivity index (χ1v) is 6.70. The second kappa shape index (κ2) is 5.33. The molecule has 0 amide bonds. The number of H-pyrrole nitrogens is 1. The van der Waals surface area contributed by atoms with Crippen molar-refractivity contribution in [1.82, 2.24) is 9.78 Å². The highest BCUT2D eigenvalue weighted by molar-refractivity contribution is 5.64. The molecular weight excluding hydrogens is 282 g/mol. The van der Waals surface area contributed by atoms with Crippen LogP contribution in [-0.2, 0) is 0 Å². The van der Waals surface area contributed by atoms with Crippen molar-refractivity contribution in [3.8, 4) is 16.9 Å². The maximum absolute atomic E-state index is 12.4. The van der Waals surface area contributed by atoms with Gasteiger partial charge in [0.1, 0.15) is 0 Å². The van der Waals surface area contributed by atoms with Crippen molar-refractivity contribution in [3.05, 3.63) is 80.6 Å². The molecule has 1 aromatic heterocycles. The first kappa shape index (κ1) is 13.8. The summed E-state index contributed by atoms with van der Waals surface area (Å²) in [7, 11) is 0. The lowest BCUT2D eigenvalue weighted by molar-refractivity contribution is -0.384. The first-order chi connectivity index (χ1) is 10.6. The Hall–Kier alpha value is -3.15. The van der Waals surface area contributed by atoms with Gasteiger partial charge in [0.2, 0.25) is 0 Å². The summed E-state index contributed by atoms with van der Waals surface area (Å²) < 4.78 is 1.46. The normalized spacial score (nSPS) is 10.6. The maximum Gasteiger partial charge on any atom is 0.274 e. The predicted molar refractivity (Wildman–Crippen MR) is 83.2 cm³/mol. The average molecular weight is 295 g/mol. The first-order valence-electron chi connectivity index (χ1n) is 6.70. The molecule has 3 aromatic rings. The summed E-state index contributed by atoms with van der Waals surface area (Å²) in [6, 6.07) is 15.3. The van der Waals surface area contributed by atoms with Gasteiger partial charge in [-0.3, -0.25) is 20.0 Å². The number of para-hydroxylation sites is 1. The van der Waals surface area contributed by atoms with E-state index < -0.39 is 4.92 Å². The molecular formula is C16H13N3O3. The van der Waals surface area contributed by atoms with E-state index in [4.69, 9.17) is 0 Å². The second-order valence-electron chi connectivity index (χ2n) is 4.89. The van der Waals surface area contributed by atoms with Gasteiger partial charge in [0.05, 0.1) is 16.3 Å². The van der Waals surface area contributed by atoms with Gasteiger partial charge in [0.15, 0.2) is 0 Å². The SMILES string of the molecule is Cc1c(-c2ccc([N+](=O)[O-])cc2)[nH]n(-c2ccccc2)c1=O. The summed E-state index contributed by atoms with van der Waals surface area (Å²) in [5.41, 5.74) is 2.57. The van der Waals surface area contributed by atoms with Crippen LogP contribution in [-0.4, -0.2) is 14.7 Å². The van der Waals surface area contributed by atoms with Crippen molar-refractivity contribution in [3.63, 3.8) is 0 Å². The number of benzene rings is 2. The Morgan fingerprint density at radius 1 is 1.05 bits per heavy atom. The fourth-order valence-electron chi connectivity index (χ4n) is 2.31. The van der Waals surface area contributed by atoms with Gasteiger partial charge in [-0.25, -0.2) is 4.68 Å². The monoisotopic (exact) mass is 295 g/mol. The van der Waals surface area contributed by atoms with Crippen molar-refractivity contribution in [1.29, 1.82) is 0 Å². The molecule has 0 aliphatic heterocycles. The topological polar surface area (TPSA) is 80.9 Å². The summed E-state index contributed by atoms with van der Waals surface area (Å²) in [4.78, 5) is 22.6. The standard InChI is InChI=1S/C16H13N3O3/c1-11-15(12-7-9-14(10-8-12)19(21)22)17-18(16(11)20)13-5-3-2-4-6-13/h2-10,17H,1H3. The summed E-state index contributed by atoms with van der Waals surface area (Å²) in [5, 5.41) is 13.8. The van der Waals surface area contributed by atoms with Crippen LogP contribution in [0.4, 0.5) is 5.69 Å². The van der Waals surface area contributed by atoms with E-state index in [1.807, 2.05) is 30.3 Å². The third-order valence-electron chi connectivity index (χ3n) is 3.50. The number of nitro groups is 1. The third kappa shape index (κ3) is 2.31. The Kier molecular flexibility index (Phi) is 3.34. The lowest BCUT2D eigenvalue weighted by atomic mass is 10.1. The van der Waals surface area contributed by atoms with Crippen LogP contribution in [0.1, 0.15) is 5.56 Å². The van der Waals surface area contributed by atoms with Gasteiger partial charge in [0, 0.05) is 23.3 Å². The van der Waals surface area contributed by atoms with Crippen LogP contribution < -0.4 is 5.56 Å². The van der Waals surface area contributed by atoms with Crippen LogP contribution in [0.3, 0.4) is 0 Å². The average Bonchev–Trinajstić information content (AvgIpc) is 2.84. The molecule has 1 N–H and O–H groups in total. The highest BCUT2D eigenvalue weighted by Gasteiger charge is 2.14. The number of nitrogens with zero attached hydrogens (tertiary/aromatic N) is 2. The van der Waals surface area contributed by atoms with Crippen LogP contribution in [0.5, 0.6) is 0 Å². The van der Waals surface area contributed by atoms with Gasteiger partial charge in [-0.05, 0) is 31.2 Å². The Balaban J connectivity index is 2.09. The number of aromatic nitrogens is 2. The van der Waals surface area contributed by atoms with Gasteiger partial charge in [-0.2, -0.15) is 0 Å². The molecule has 0 aliphatic rings. The molecule has 0 fully saturated rings. The molecule has 2 aromatic carbocycles. The van der Waals surface area contributed by atoms with E-state index in [9.17, 15) is 14.9 Å². The molecule has 6 nitrogen and oxygen atoms in total. The summed E-state index contributed by atoms with van der Waals surface area (Å²) in [5.74, 6) is 0. The van der Waals surface area contributed by atoms with E-state index in [0.717, 1.165) is 11.3 Å². The molecule has 0 spiro atoms. The molecule has 1 heterocycles. The molecule has 0 aliphatic carbocycles. The Labute approximate surface area is 125 Å². The number of non-ortho nitro benzene ring substituents is 1. The summed E-state index contributed by atoms with van der Waals surface area (Å²) >= 11 is 0. The predicted octanol–water partition coefficient (Wildman–Crippen LogP) is 3.05. The van der Waals surface area contributed by atoms with Gasteiger partial charge in [0.25, 0.3) is 11.2 Å².